The fourth-order valence-corrected chi connectivity index (χ4v) is 1.77. The minimum Gasteiger partial charge on any atom is -0.466 e. The third-order valence-electron chi connectivity index (χ3n) is 2.89. The van der Waals surface area contributed by atoms with E-state index in [0.717, 1.165) is 0 Å². The molecule has 114 valence electrons. The molecule has 0 radical (unpaired) electrons. The zero-order chi connectivity index (χ0) is 15.8. The molecule has 0 saturated carbocycles. The molecular weight excluding hydrogens is 276 g/mol. The Bertz CT molecular complexity index is 513. The molecule has 0 aliphatic carbocycles. The van der Waals surface area contributed by atoms with Crippen molar-refractivity contribution in [2.24, 2.45) is 0 Å². The average molecular weight is 294 g/mol. The molecule has 1 rings (SSSR count). The highest BCUT2D eigenvalue weighted by Crippen LogP contribution is 2.13. The molecule has 0 atom stereocenters. The normalized spacial score (nSPS) is 10.0. The third kappa shape index (κ3) is 4.87. The molecule has 21 heavy (non-hydrogen) atoms. The molecule has 0 N–H and O–H groups in total. The number of carbonyl (C=O) groups is 2. The summed E-state index contributed by atoms with van der Waals surface area (Å²) < 4.78 is 4.81. The highest BCUT2D eigenvalue weighted by Gasteiger charge is 2.16. The van der Waals surface area contributed by atoms with E-state index in [2.05, 4.69) is 0 Å². The number of ether oxygens (including phenoxy) is 1. The van der Waals surface area contributed by atoms with Gasteiger partial charge in [-0.15, -0.1) is 0 Å². The van der Waals surface area contributed by atoms with Crippen LogP contribution in [0.25, 0.3) is 0 Å². The molecule has 0 unspecified atom stereocenters. The highest BCUT2D eigenvalue weighted by atomic mass is 16.6. The number of hydrogen-bond acceptors (Lipinski definition) is 5. The van der Waals surface area contributed by atoms with Gasteiger partial charge in [-0.2, -0.15) is 0 Å². The van der Waals surface area contributed by atoms with Crippen LogP contribution < -0.4 is 0 Å². The average Bonchev–Trinajstić information content (AvgIpc) is 2.48. The number of nitro benzene ring substituents is 1. The zero-order valence-electron chi connectivity index (χ0n) is 12.1. The first-order chi connectivity index (χ1) is 9.99. The number of benzene rings is 1. The second kappa shape index (κ2) is 7.98. The monoisotopic (exact) mass is 294 g/mol. The summed E-state index contributed by atoms with van der Waals surface area (Å²) >= 11 is 0. The summed E-state index contributed by atoms with van der Waals surface area (Å²) in [6, 6.07) is 5.39. The fraction of sp³-hybridized carbons (Fsp3) is 0.429. The quantitative estimate of drug-likeness (QED) is 0.436. The molecule has 7 heteroatoms. The Hall–Kier alpha value is -2.44. The lowest BCUT2D eigenvalue weighted by atomic mass is 10.1. The molecule has 0 heterocycles. The standard InChI is InChI=1S/C14H18N2O5/c1-3-15(10-9-13(17)21-4-2)14(18)11-5-7-12(8-6-11)16(19)20/h5-8H,3-4,9-10H2,1-2H3. The zero-order valence-corrected chi connectivity index (χ0v) is 12.1. The van der Waals surface area contributed by atoms with Crippen LogP contribution in [-0.4, -0.2) is 41.4 Å². The Labute approximate surface area is 122 Å². The van der Waals surface area contributed by atoms with Crippen molar-refractivity contribution >= 4 is 17.6 Å². The summed E-state index contributed by atoms with van der Waals surface area (Å²) in [6.07, 6.45) is 0.125. The minimum atomic E-state index is -0.521. The summed E-state index contributed by atoms with van der Waals surface area (Å²) in [7, 11) is 0. The number of nitro groups is 1. The van der Waals surface area contributed by atoms with Gasteiger partial charge in [0.05, 0.1) is 18.0 Å². The van der Waals surface area contributed by atoms with Crippen molar-refractivity contribution in [2.75, 3.05) is 19.7 Å². The highest BCUT2D eigenvalue weighted by molar-refractivity contribution is 5.94. The fourth-order valence-electron chi connectivity index (χ4n) is 1.77. The molecule has 1 amide bonds. The van der Waals surface area contributed by atoms with Crippen molar-refractivity contribution in [3.63, 3.8) is 0 Å². The summed E-state index contributed by atoms with van der Waals surface area (Å²) in [5.41, 5.74) is 0.285. The number of carbonyl (C=O) groups excluding carboxylic acids is 2. The predicted molar refractivity (Wildman–Crippen MR) is 75.9 cm³/mol. The van der Waals surface area contributed by atoms with Crippen LogP contribution in [0.2, 0.25) is 0 Å². The lowest BCUT2D eigenvalue weighted by Crippen LogP contribution is -2.33. The van der Waals surface area contributed by atoms with Crippen molar-refractivity contribution in [1.29, 1.82) is 0 Å². The smallest absolute Gasteiger partial charge is 0.307 e. The van der Waals surface area contributed by atoms with Crippen molar-refractivity contribution in [1.82, 2.24) is 4.90 Å². The summed E-state index contributed by atoms with van der Waals surface area (Å²) in [5, 5.41) is 10.6. The molecule has 0 aromatic heterocycles. The third-order valence-corrected chi connectivity index (χ3v) is 2.89. The van der Waals surface area contributed by atoms with E-state index in [9.17, 15) is 19.7 Å². The van der Waals surface area contributed by atoms with Crippen molar-refractivity contribution in [2.45, 2.75) is 20.3 Å². The largest absolute Gasteiger partial charge is 0.466 e. The first kappa shape index (κ1) is 16.6. The number of nitrogens with zero attached hydrogens (tertiary/aromatic N) is 2. The number of hydrogen-bond donors (Lipinski definition) is 0. The van der Waals surface area contributed by atoms with Gasteiger partial charge in [-0.1, -0.05) is 0 Å². The van der Waals surface area contributed by atoms with E-state index < -0.39 is 4.92 Å². The molecular formula is C14H18N2O5. The number of esters is 1. The maximum atomic E-state index is 12.2. The van der Waals surface area contributed by atoms with Crippen molar-refractivity contribution in [3.05, 3.63) is 39.9 Å². The second-order valence-electron chi connectivity index (χ2n) is 4.24. The number of non-ortho nitro benzene ring substituents is 1. The van der Waals surface area contributed by atoms with Gasteiger partial charge in [0.1, 0.15) is 0 Å². The molecule has 0 saturated heterocycles. The van der Waals surface area contributed by atoms with Gasteiger partial charge in [-0.25, -0.2) is 0 Å². The minimum absolute atomic E-state index is 0.0684. The maximum absolute atomic E-state index is 12.2. The van der Waals surface area contributed by atoms with Crippen molar-refractivity contribution in [3.8, 4) is 0 Å². The molecule has 0 fully saturated rings. The topological polar surface area (TPSA) is 89.8 Å². The van der Waals surface area contributed by atoms with Crippen LogP contribution in [0.1, 0.15) is 30.6 Å². The first-order valence-electron chi connectivity index (χ1n) is 6.68. The van der Waals surface area contributed by atoms with Gasteiger partial charge in [-0.05, 0) is 26.0 Å². The molecule has 1 aromatic carbocycles. The van der Waals surface area contributed by atoms with Crippen LogP contribution in [0.5, 0.6) is 0 Å². The first-order valence-corrected chi connectivity index (χ1v) is 6.68. The molecule has 1 aromatic rings. The Kier molecular flexibility index (Phi) is 6.32. The van der Waals surface area contributed by atoms with Gasteiger partial charge >= 0.3 is 5.97 Å². The van der Waals surface area contributed by atoms with Crippen LogP contribution in [0, 0.1) is 10.1 Å². The Morgan fingerprint density at radius 3 is 2.33 bits per heavy atom. The van der Waals surface area contributed by atoms with Gasteiger partial charge < -0.3 is 9.64 Å². The van der Waals surface area contributed by atoms with Gasteiger partial charge in [0.15, 0.2) is 0 Å². The van der Waals surface area contributed by atoms with Crippen molar-refractivity contribution < 1.29 is 19.2 Å². The predicted octanol–water partition coefficient (Wildman–Crippen LogP) is 2.01. The Morgan fingerprint density at radius 1 is 1.24 bits per heavy atom. The van der Waals surface area contributed by atoms with Crippen LogP contribution in [0.3, 0.4) is 0 Å². The van der Waals surface area contributed by atoms with E-state index in [1.807, 2.05) is 0 Å². The van der Waals surface area contributed by atoms with Crippen LogP contribution >= 0.6 is 0 Å². The molecule has 7 nitrogen and oxygen atoms in total. The van der Waals surface area contributed by atoms with E-state index in [4.69, 9.17) is 4.74 Å². The van der Waals surface area contributed by atoms with E-state index in [0.29, 0.717) is 18.7 Å². The number of rotatable bonds is 7. The Balaban J connectivity index is 2.69. The maximum Gasteiger partial charge on any atom is 0.307 e. The van der Waals surface area contributed by atoms with Gasteiger partial charge in [0.2, 0.25) is 0 Å². The van der Waals surface area contributed by atoms with Gasteiger partial charge in [-0.3, -0.25) is 19.7 Å². The number of amides is 1. The molecule has 0 aliphatic heterocycles. The van der Waals surface area contributed by atoms with Gasteiger partial charge in [0, 0.05) is 30.8 Å². The Morgan fingerprint density at radius 2 is 1.86 bits per heavy atom. The lowest BCUT2D eigenvalue weighted by Gasteiger charge is -2.20. The molecule has 0 spiro atoms. The van der Waals surface area contributed by atoms with Gasteiger partial charge in [0.25, 0.3) is 11.6 Å². The van der Waals surface area contributed by atoms with E-state index in [1.165, 1.54) is 29.2 Å². The summed E-state index contributed by atoms with van der Waals surface area (Å²) in [4.78, 5) is 35.1. The van der Waals surface area contributed by atoms with E-state index in [1.54, 1.807) is 13.8 Å². The molecule has 0 aliphatic rings. The second-order valence-corrected chi connectivity index (χ2v) is 4.24. The van der Waals surface area contributed by atoms with E-state index in [-0.39, 0.29) is 30.5 Å². The van der Waals surface area contributed by atoms with Crippen LogP contribution in [-0.2, 0) is 9.53 Å². The van der Waals surface area contributed by atoms with Crippen LogP contribution in [0.15, 0.2) is 24.3 Å². The van der Waals surface area contributed by atoms with Crippen LogP contribution in [0.4, 0.5) is 5.69 Å². The summed E-state index contributed by atoms with van der Waals surface area (Å²) in [5.74, 6) is -0.621. The lowest BCUT2D eigenvalue weighted by molar-refractivity contribution is -0.384. The SMILES string of the molecule is CCOC(=O)CCN(CC)C(=O)c1ccc([N+](=O)[O-])cc1. The molecule has 0 bridgehead atoms. The van der Waals surface area contributed by atoms with E-state index >= 15 is 0 Å². The summed E-state index contributed by atoms with van der Waals surface area (Å²) in [6.45, 7) is 4.52.